The van der Waals surface area contributed by atoms with Gasteiger partial charge in [0.2, 0.25) is 0 Å². The van der Waals surface area contributed by atoms with Crippen molar-refractivity contribution in [3.63, 3.8) is 0 Å². The number of fused-ring (bicyclic) bond motifs is 2. The molecule has 12 heteroatoms. The van der Waals surface area contributed by atoms with Gasteiger partial charge < -0.3 is 0 Å². The molecule has 5 aromatic carbocycles. The third kappa shape index (κ3) is 7.82. The van der Waals surface area contributed by atoms with Gasteiger partial charge in [0, 0.05) is 48.2 Å². The van der Waals surface area contributed by atoms with Gasteiger partial charge in [0.15, 0.2) is 11.2 Å². The van der Waals surface area contributed by atoms with Gasteiger partial charge in [-0.05, 0) is 79.7 Å². The Morgan fingerprint density at radius 3 is 1.60 bits per heavy atom. The van der Waals surface area contributed by atoms with E-state index in [2.05, 4.69) is 33.6 Å². The van der Waals surface area contributed by atoms with Crippen molar-refractivity contribution in [2.75, 3.05) is 0 Å². The van der Waals surface area contributed by atoms with E-state index >= 15 is 0 Å². The summed E-state index contributed by atoms with van der Waals surface area (Å²) in [4.78, 5) is 59.7. The first-order valence-electron chi connectivity index (χ1n) is 17.6. The summed E-state index contributed by atoms with van der Waals surface area (Å²) in [6.45, 7) is 2.31. The lowest BCUT2D eigenvalue weighted by molar-refractivity contribution is 0.692. The Labute approximate surface area is 335 Å². The molecule has 3 aromatic heterocycles. The smallest absolute Gasteiger partial charge is 0.293 e. The standard InChI is InChI=1S/C24H17ClN2O2.C21H13ClN4O2/c1-2-26-21-11-7-6-10-19(21)23(28)27(24(26)29)22-15-14-18(16-20(22)25)13-12-17-8-4-3-5-9-17;1-25-19-18(23-11-12-24-19)20(27)26(21(25)28)17-10-9-15(13-16(17)22)8-7-14-5-3-2-4-6-14/h3-11,14-16H,2H2,1H3;2-6,9-13H,1H3. The summed E-state index contributed by atoms with van der Waals surface area (Å²) in [7, 11) is 1.53. The molecule has 3 heterocycles. The van der Waals surface area contributed by atoms with E-state index in [1.165, 1.54) is 24.0 Å². The third-order valence-electron chi connectivity index (χ3n) is 8.87. The summed E-state index contributed by atoms with van der Waals surface area (Å²) in [5.41, 5.74) is 2.75. The highest BCUT2D eigenvalue weighted by molar-refractivity contribution is 6.32. The largest absolute Gasteiger partial charge is 0.337 e. The monoisotopic (exact) mass is 788 g/mol. The van der Waals surface area contributed by atoms with Crippen LogP contribution in [0, 0.1) is 23.7 Å². The Hall–Kier alpha value is -7.24. The van der Waals surface area contributed by atoms with Crippen LogP contribution in [0.4, 0.5) is 0 Å². The Morgan fingerprint density at radius 2 is 1.05 bits per heavy atom. The molecule has 0 N–H and O–H groups in total. The molecule has 8 rings (SSSR count). The van der Waals surface area contributed by atoms with Crippen molar-refractivity contribution in [3.05, 3.63) is 208 Å². The number of hydrogen-bond acceptors (Lipinski definition) is 6. The van der Waals surface area contributed by atoms with E-state index in [-0.39, 0.29) is 27.4 Å². The van der Waals surface area contributed by atoms with Crippen LogP contribution in [0.15, 0.2) is 153 Å². The minimum atomic E-state index is -0.573. The average molecular weight is 790 g/mol. The summed E-state index contributed by atoms with van der Waals surface area (Å²) in [6.07, 6.45) is 2.83. The van der Waals surface area contributed by atoms with Crippen LogP contribution in [0.1, 0.15) is 29.2 Å². The van der Waals surface area contributed by atoms with Crippen molar-refractivity contribution in [2.45, 2.75) is 13.5 Å². The lowest BCUT2D eigenvalue weighted by Crippen LogP contribution is -2.38. The van der Waals surface area contributed by atoms with Gasteiger partial charge in [-0.15, -0.1) is 0 Å². The molecule has 0 unspecified atom stereocenters. The zero-order chi connectivity index (χ0) is 40.1. The predicted octanol–water partition coefficient (Wildman–Crippen LogP) is 6.76. The number of halogens is 2. The molecule has 278 valence electrons. The van der Waals surface area contributed by atoms with E-state index in [4.69, 9.17) is 23.2 Å². The first kappa shape index (κ1) is 38.1. The molecule has 0 aliphatic heterocycles. The van der Waals surface area contributed by atoms with Crippen molar-refractivity contribution in [1.82, 2.24) is 28.2 Å². The fourth-order valence-electron chi connectivity index (χ4n) is 6.08. The number of benzene rings is 5. The molecular formula is C45H30Cl2N6O4. The highest BCUT2D eigenvalue weighted by Crippen LogP contribution is 2.22. The van der Waals surface area contributed by atoms with Gasteiger partial charge in [0.1, 0.15) is 0 Å². The van der Waals surface area contributed by atoms with Gasteiger partial charge in [0.25, 0.3) is 11.1 Å². The summed E-state index contributed by atoms with van der Waals surface area (Å²) in [5.74, 6) is 12.2. The van der Waals surface area contributed by atoms with Crippen LogP contribution in [0.3, 0.4) is 0 Å². The first-order chi connectivity index (χ1) is 27.7. The summed E-state index contributed by atoms with van der Waals surface area (Å²) in [6, 6.07) is 36.3. The summed E-state index contributed by atoms with van der Waals surface area (Å²) in [5, 5.41) is 1.00. The van der Waals surface area contributed by atoms with Gasteiger partial charge in [0.05, 0.1) is 32.3 Å². The second-order valence-electron chi connectivity index (χ2n) is 12.5. The quantitative estimate of drug-likeness (QED) is 0.183. The Balaban J connectivity index is 0.000000174. The second-order valence-corrected chi connectivity index (χ2v) is 13.3. The first-order valence-corrected chi connectivity index (χ1v) is 18.3. The highest BCUT2D eigenvalue weighted by Gasteiger charge is 2.17. The van der Waals surface area contributed by atoms with Crippen LogP contribution < -0.4 is 22.5 Å². The molecule has 0 bridgehead atoms. The SMILES string of the molecule is CCn1c(=O)n(-c2ccc(C#Cc3ccccc3)cc2Cl)c(=O)c2ccccc21.Cn1c(=O)n(-c2ccc(C#Cc3ccccc3)cc2Cl)c(=O)c2nccnc21. The van der Waals surface area contributed by atoms with Gasteiger partial charge in [-0.2, -0.15) is 0 Å². The van der Waals surface area contributed by atoms with Crippen molar-refractivity contribution in [3.8, 4) is 35.1 Å². The summed E-state index contributed by atoms with van der Waals surface area (Å²) < 4.78 is 4.95. The molecule has 0 saturated heterocycles. The van der Waals surface area contributed by atoms with Crippen molar-refractivity contribution in [1.29, 1.82) is 0 Å². The molecule has 0 spiro atoms. The van der Waals surface area contributed by atoms with Crippen LogP contribution in [-0.2, 0) is 13.6 Å². The Bertz CT molecular complexity index is 3200. The molecule has 0 aliphatic carbocycles. The van der Waals surface area contributed by atoms with E-state index < -0.39 is 16.9 Å². The molecule has 0 aliphatic rings. The number of aryl methyl sites for hydroxylation is 2. The lowest BCUT2D eigenvalue weighted by atomic mass is 10.1. The van der Waals surface area contributed by atoms with E-state index in [0.717, 1.165) is 20.3 Å². The Kier molecular flexibility index (Phi) is 11.1. The van der Waals surface area contributed by atoms with Crippen LogP contribution in [0.5, 0.6) is 0 Å². The van der Waals surface area contributed by atoms with Crippen molar-refractivity contribution < 1.29 is 0 Å². The maximum atomic E-state index is 13.0. The molecule has 0 saturated carbocycles. The van der Waals surface area contributed by atoms with Crippen LogP contribution in [-0.4, -0.2) is 28.2 Å². The molecule has 8 aromatic rings. The van der Waals surface area contributed by atoms with Crippen molar-refractivity contribution in [2.24, 2.45) is 7.05 Å². The second kappa shape index (κ2) is 16.6. The normalized spacial score (nSPS) is 10.5. The van der Waals surface area contributed by atoms with Gasteiger partial charge in [-0.25, -0.2) is 28.7 Å². The van der Waals surface area contributed by atoms with Crippen LogP contribution >= 0.6 is 23.2 Å². The zero-order valence-corrected chi connectivity index (χ0v) is 32.0. The fourth-order valence-corrected chi connectivity index (χ4v) is 6.61. The van der Waals surface area contributed by atoms with Crippen LogP contribution in [0.2, 0.25) is 10.0 Å². The van der Waals surface area contributed by atoms with Crippen molar-refractivity contribution >= 4 is 45.3 Å². The van der Waals surface area contributed by atoms with E-state index in [1.807, 2.05) is 73.7 Å². The summed E-state index contributed by atoms with van der Waals surface area (Å²) >= 11 is 12.8. The fraction of sp³-hybridized carbons (Fsp3) is 0.0667. The minimum absolute atomic E-state index is 0.0913. The number of hydrogen-bond donors (Lipinski definition) is 0. The zero-order valence-electron chi connectivity index (χ0n) is 30.5. The number of aromatic nitrogens is 6. The third-order valence-corrected chi connectivity index (χ3v) is 9.48. The molecule has 10 nitrogen and oxygen atoms in total. The molecule has 0 amide bonds. The Morgan fingerprint density at radius 1 is 0.561 bits per heavy atom. The molecular weight excluding hydrogens is 759 g/mol. The van der Waals surface area contributed by atoms with E-state index in [0.29, 0.717) is 39.3 Å². The molecule has 0 fully saturated rings. The van der Waals surface area contributed by atoms with Gasteiger partial charge in [-0.3, -0.25) is 18.7 Å². The molecule has 0 radical (unpaired) electrons. The van der Waals surface area contributed by atoms with Gasteiger partial charge in [-0.1, -0.05) is 95.4 Å². The maximum absolute atomic E-state index is 13.0. The van der Waals surface area contributed by atoms with E-state index in [9.17, 15) is 19.2 Å². The van der Waals surface area contributed by atoms with Gasteiger partial charge >= 0.3 is 11.4 Å². The molecule has 0 atom stereocenters. The average Bonchev–Trinajstić information content (AvgIpc) is 3.24. The number of nitrogens with zero attached hydrogens (tertiary/aromatic N) is 6. The topological polar surface area (TPSA) is 114 Å². The lowest BCUT2D eigenvalue weighted by Gasteiger charge is -2.13. The maximum Gasteiger partial charge on any atom is 0.337 e. The predicted molar refractivity (Wildman–Crippen MR) is 225 cm³/mol. The highest BCUT2D eigenvalue weighted by atomic mass is 35.5. The van der Waals surface area contributed by atoms with Crippen LogP contribution in [0.25, 0.3) is 33.4 Å². The molecule has 57 heavy (non-hydrogen) atoms. The minimum Gasteiger partial charge on any atom is -0.293 e. The number of rotatable bonds is 3. The number of para-hydroxylation sites is 1. The van der Waals surface area contributed by atoms with E-state index in [1.54, 1.807) is 59.2 Å².